The summed E-state index contributed by atoms with van der Waals surface area (Å²) >= 11 is 2.10. The average Bonchev–Trinajstić information content (AvgIpc) is 3.05. The van der Waals surface area contributed by atoms with Crippen LogP contribution in [-0.2, 0) is 7.05 Å². The highest BCUT2D eigenvalue weighted by molar-refractivity contribution is 14.1. The van der Waals surface area contributed by atoms with E-state index >= 15 is 0 Å². The molecule has 0 unspecified atom stereocenters. The van der Waals surface area contributed by atoms with Crippen molar-refractivity contribution in [3.05, 3.63) is 72.3 Å². The van der Waals surface area contributed by atoms with Gasteiger partial charge in [-0.3, -0.25) is 9.78 Å². The van der Waals surface area contributed by atoms with Gasteiger partial charge in [0.25, 0.3) is 5.56 Å². The van der Waals surface area contributed by atoms with Gasteiger partial charge in [-0.25, -0.2) is 9.78 Å². The number of halogens is 1. The lowest BCUT2D eigenvalue weighted by Crippen LogP contribution is -2.33. The predicted molar refractivity (Wildman–Crippen MR) is 113 cm³/mol. The number of benzene rings is 2. The molecule has 0 saturated heterocycles. The van der Waals surface area contributed by atoms with E-state index in [2.05, 4.69) is 37.7 Å². The van der Waals surface area contributed by atoms with Crippen LogP contribution in [0, 0.1) is 21.8 Å². The van der Waals surface area contributed by atoms with Crippen molar-refractivity contribution in [3.8, 4) is 23.3 Å². The molecule has 10 heteroatoms. The van der Waals surface area contributed by atoms with Crippen molar-refractivity contribution in [1.82, 2.24) is 24.3 Å². The SMILES string of the molecule is Cc1cc(-n2nc(C#N)c(=O)[nH]c2=O)cc(I)c1Oc1ccc2c(c1)ncn2C. The van der Waals surface area contributed by atoms with Crippen LogP contribution in [0.1, 0.15) is 11.3 Å². The van der Waals surface area contributed by atoms with E-state index in [1.807, 2.05) is 36.7 Å². The molecule has 0 amide bonds. The van der Waals surface area contributed by atoms with Crippen molar-refractivity contribution in [3.63, 3.8) is 0 Å². The lowest BCUT2D eigenvalue weighted by Gasteiger charge is -2.13. The van der Waals surface area contributed by atoms with Crippen LogP contribution in [0.3, 0.4) is 0 Å². The molecule has 4 aromatic rings. The van der Waals surface area contributed by atoms with Crippen LogP contribution in [-0.4, -0.2) is 24.3 Å². The first-order valence-electron chi connectivity index (χ1n) is 8.40. The molecule has 0 spiro atoms. The van der Waals surface area contributed by atoms with E-state index in [0.29, 0.717) is 17.2 Å². The minimum absolute atomic E-state index is 0.388. The van der Waals surface area contributed by atoms with Crippen molar-refractivity contribution < 1.29 is 4.74 Å². The quantitative estimate of drug-likeness (QED) is 0.432. The Bertz CT molecular complexity index is 1400. The number of H-pyrrole nitrogens is 1. The van der Waals surface area contributed by atoms with Crippen molar-refractivity contribution in [2.75, 3.05) is 0 Å². The summed E-state index contributed by atoms with van der Waals surface area (Å²) in [6.07, 6.45) is 1.74. The Morgan fingerprint density at radius 1 is 1.24 bits per heavy atom. The number of rotatable bonds is 3. The number of aryl methyl sites for hydroxylation is 2. The molecule has 0 saturated carbocycles. The van der Waals surface area contributed by atoms with Crippen LogP contribution >= 0.6 is 22.6 Å². The summed E-state index contributed by atoms with van der Waals surface area (Å²) in [5.74, 6) is 1.26. The Balaban J connectivity index is 1.75. The highest BCUT2D eigenvalue weighted by Crippen LogP contribution is 2.33. The van der Waals surface area contributed by atoms with Gasteiger partial charge in [-0.15, -0.1) is 5.10 Å². The van der Waals surface area contributed by atoms with Gasteiger partial charge in [-0.2, -0.15) is 9.94 Å². The first-order chi connectivity index (χ1) is 13.9. The number of aromatic nitrogens is 5. The number of imidazole rings is 1. The van der Waals surface area contributed by atoms with Crippen LogP contribution in [0.5, 0.6) is 11.5 Å². The molecule has 0 fully saturated rings. The number of nitriles is 1. The highest BCUT2D eigenvalue weighted by atomic mass is 127. The highest BCUT2D eigenvalue weighted by Gasteiger charge is 2.14. The fourth-order valence-electron chi connectivity index (χ4n) is 2.91. The third kappa shape index (κ3) is 3.40. The maximum atomic E-state index is 12.1. The second-order valence-electron chi connectivity index (χ2n) is 6.31. The second-order valence-corrected chi connectivity index (χ2v) is 7.48. The van der Waals surface area contributed by atoms with Crippen LogP contribution in [0.4, 0.5) is 0 Å². The second kappa shape index (κ2) is 7.17. The Hall–Kier alpha value is -3.46. The van der Waals surface area contributed by atoms with Gasteiger partial charge in [-0.1, -0.05) is 0 Å². The van der Waals surface area contributed by atoms with Crippen LogP contribution < -0.4 is 16.0 Å². The van der Waals surface area contributed by atoms with Gasteiger partial charge in [0.05, 0.1) is 26.6 Å². The molecule has 2 aromatic carbocycles. The zero-order valence-electron chi connectivity index (χ0n) is 15.3. The number of hydrogen-bond acceptors (Lipinski definition) is 6. The number of nitrogens with one attached hydrogen (secondary N) is 1. The van der Waals surface area contributed by atoms with Crippen LogP contribution in [0.25, 0.3) is 16.7 Å². The molecule has 1 N–H and O–H groups in total. The van der Waals surface area contributed by atoms with Crippen molar-refractivity contribution in [2.45, 2.75) is 6.92 Å². The van der Waals surface area contributed by atoms with E-state index in [1.165, 1.54) is 0 Å². The maximum Gasteiger partial charge on any atom is 0.349 e. The summed E-state index contributed by atoms with van der Waals surface area (Å²) < 4.78 is 9.71. The summed E-state index contributed by atoms with van der Waals surface area (Å²) in [6.45, 7) is 1.84. The molecular formula is C19H13IN6O3. The van der Waals surface area contributed by atoms with Crippen molar-refractivity contribution >= 4 is 33.6 Å². The Kier molecular flexibility index (Phi) is 4.67. The monoisotopic (exact) mass is 500 g/mol. The molecule has 0 atom stereocenters. The summed E-state index contributed by atoms with van der Waals surface area (Å²) in [6, 6.07) is 10.7. The lowest BCUT2D eigenvalue weighted by molar-refractivity contribution is 0.476. The van der Waals surface area contributed by atoms with E-state index < -0.39 is 11.2 Å². The maximum absolute atomic E-state index is 12.1. The van der Waals surface area contributed by atoms with E-state index in [-0.39, 0.29) is 5.69 Å². The number of ether oxygens (including phenoxy) is 1. The summed E-state index contributed by atoms with van der Waals surface area (Å²) in [7, 11) is 1.92. The molecule has 0 aliphatic carbocycles. The molecule has 9 nitrogen and oxygen atoms in total. The Morgan fingerprint density at radius 2 is 2.03 bits per heavy atom. The van der Waals surface area contributed by atoms with E-state index in [9.17, 15) is 9.59 Å². The van der Waals surface area contributed by atoms with Crippen LogP contribution in [0.2, 0.25) is 0 Å². The fourth-order valence-corrected chi connectivity index (χ4v) is 3.76. The predicted octanol–water partition coefficient (Wildman–Crippen LogP) is 2.38. The fraction of sp³-hybridized carbons (Fsp3) is 0.105. The summed E-state index contributed by atoms with van der Waals surface area (Å²) in [5.41, 5.74) is 1.06. The number of hydrogen-bond donors (Lipinski definition) is 1. The molecule has 2 aromatic heterocycles. The number of nitrogens with zero attached hydrogens (tertiary/aromatic N) is 5. The van der Waals surface area contributed by atoms with Crippen molar-refractivity contribution in [1.29, 1.82) is 5.26 Å². The standard InChI is InChI=1S/C19H13IN6O3/c1-10-5-11(26-19(28)23-18(27)15(8-21)24-26)6-13(20)17(10)29-12-3-4-16-14(7-12)22-9-25(16)2/h3-7,9H,1-2H3,(H,23,27,28). The third-order valence-corrected chi connectivity index (χ3v) is 5.11. The molecule has 0 bridgehead atoms. The normalized spacial score (nSPS) is 10.8. The first-order valence-corrected chi connectivity index (χ1v) is 9.48. The van der Waals surface area contributed by atoms with Crippen LogP contribution in [0.15, 0.2) is 46.2 Å². The minimum atomic E-state index is -0.815. The molecule has 0 aliphatic rings. The zero-order valence-corrected chi connectivity index (χ0v) is 17.5. The molecule has 0 aliphatic heterocycles. The largest absolute Gasteiger partial charge is 0.456 e. The average molecular weight is 500 g/mol. The van der Waals surface area contributed by atoms with Gasteiger partial charge in [0.2, 0.25) is 5.69 Å². The van der Waals surface area contributed by atoms with E-state index in [1.54, 1.807) is 24.5 Å². The summed E-state index contributed by atoms with van der Waals surface area (Å²) in [4.78, 5) is 30.1. The molecule has 0 radical (unpaired) electrons. The number of fused-ring (bicyclic) bond motifs is 1. The third-order valence-electron chi connectivity index (χ3n) is 4.31. The van der Waals surface area contributed by atoms with Gasteiger partial charge in [0.1, 0.15) is 17.6 Å². The van der Waals surface area contributed by atoms with E-state index in [0.717, 1.165) is 24.8 Å². The first kappa shape index (κ1) is 18.9. The molecular weight excluding hydrogens is 487 g/mol. The van der Waals surface area contributed by atoms with Crippen molar-refractivity contribution in [2.24, 2.45) is 7.05 Å². The zero-order chi connectivity index (χ0) is 20.7. The molecule has 29 heavy (non-hydrogen) atoms. The molecule has 4 rings (SSSR count). The summed E-state index contributed by atoms with van der Waals surface area (Å²) in [5, 5.41) is 12.8. The molecule has 2 heterocycles. The van der Waals surface area contributed by atoms with Gasteiger partial charge < -0.3 is 9.30 Å². The van der Waals surface area contributed by atoms with Gasteiger partial charge >= 0.3 is 5.69 Å². The van der Waals surface area contributed by atoms with Gasteiger partial charge in [0, 0.05) is 13.1 Å². The minimum Gasteiger partial charge on any atom is -0.456 e. The van der Waals surface area contributed by atoms with Gasteiger partial charge in [0.15, 0.2) is 0 Å². The topological polar surface area (TPSA) is 119 Å². The Labute approximate surface area is 177 Å². The Morgan fingerprint density at radius 3 is 2.76 bits per heavy atom. The molecule has 144 valence electrons. The number of aromatic amines is 1. The van der Waals surface area contributed by atoms with E-state index in [4.69, 9.17) is 10.00 Å². The van der Waals surface area contributed by atoms with Gasteiger partial charge in [-0.05, 0) is 59.3 Å². The smallest absolute Gasteiger partial charge is 0.349 e. The lowest BCUT2D eigenvalue weighted by atomic mass is 10.2.